The maximum absolute atomic E-state index is 13.3. The second-order valence-corrected chi connectivity index (χ2v) is 4.20. The van der Waals surface area contributed by atoms with Crippen LogP contribution in [0.4, 0.5) is 14.5 Å². The van der Waals surface area contributed by atoms with Crippen molar-refractivity contribution in [1.29, 1.82) is 0 Å². The van der Waals surface area contributed by atoms with Gasteiger partial charge >= 0.3 is 0 Å². The van der Waals surface area contributed by atoms with E-state index in [4.69, 9.17) is 0 Å². The zero-order valence-corrected chi connectivity index (χ0v) is 10.3. The number of amides is 1. The molecule has 1 heterocycles. The van der Waals surface area contributed by atoms with Crippen molar-refractivity contribution in [1.82, 2.24) is 4.57 Å². The number of carbonyl (C=O) groups is 1. The molecule has 19 heavy (non-hydrogen) atoms. The Kier molecular flexibility index (Phi) is 4.28. The van der Waals surface area contributed by atoms with Crippen molar-refractivity contribution < 1.29 is 13.6 Å². The summed E-state index contributed by atoms with van der Waals surface area (Å²) < 4.78 is 28.0. The van der Waals surface area contributed by atoms with Crippen molar-refractivity contribution in [2.75, 3.05) is 5.32 Å². The molecule has 1 aromatic heterocycles. The minimum absolute atomic E-state index is 0.00682. The molecular weight excluding hydrogens is 250 g/mol. The molecule has 1 N–H and O–H groups in total. The number of halogens is 2. The first kappa shape index (κ1) is 13.3. The van der Waals surface area contributed by atoms with E-state index in [1.54, 1.807) is 0 Å². The summed E-state index contributed by atoms with van der Waals surface area (Å²) in [5.74, 6) is -1.71. The van der Waals surface area contributed by atoms with E-state index in [0.717, 1.165) is 18.7 Å². The van der Waals surface area contributed by atoms with Gasteiger partial charge in [0, 0.05) is 31.4 Å². The molecule has 1 aromatic carbocycles. The fourth-order valence-electron chi connectivity index (χ4n) is 1.74. The molecule has 0 aliphatic rings. The summed E-state index contributed by atoms with van der Waals surface area (Å²) in [5.41, 5.74) is 0.00682. The number of hydrogen-bond donors (Lipinski definition) is 1. The van der Waals surface area contributed by atoms with Gasteiger partial charge in [0.25, 0.3) is 0 Å². The molecule has 5 heteroatoms. The summed E-state index contributed by atoms with van der Waals surface area (Å²) in [6, 6.07) is 6.89. The molecule has 2 aromatic rings. The van der Waals surface area contributed by atoms with Gasteiger partial charge < -0.3 is 9.88 Å². The number of benzene rings is 1. The number of aryl methyl sites for hydroxylation is 1. The van der Waals surface area contributed by atoms with Gasteiger partial charge in [0.2, 0.25) is 5.91 Å². The maximum atomic E-state index is 13.3. The summed E-state index contributed by atoms with van der Waals surface area (Å²) in [7, 11) is 0. The van der Waals surface area contributed by atoms with E-state index in [1.807, 2.05) is 29.1 Å². The lowest BCUT2D eigenvalue weighted by Crippen LogP contribution is -2.13. The van der Waals surface area contributed by atoms with Crippen LogP contribution in [0.15, 0.2) is 42.7 Å². The third-order valence-electron chi connectivity index (χ3n) is 2.69. The lowest BCUT2D eigenvalue weighted by molar-refractivity contribution is -0.116. The Morgan fingerprint density at radius 1 is 1.21 bits per heavy atom. The fourth-order valence-corrected chi connectivity index (χ4v) is 1.74. The van der Waals surface area contributed by atoms with Crippen LogP contribution >= 0.6 is 0 Å². The molecule has 3 nitrogen and oxygen atoms in total. The fraction of sp³-hybridized carbons (Fsp3) is 0.214. The lowest BCUT2D eigenvalue weighted by Gasteiger charge is -2.07. The van der Waals surface area contributed by atoms with Gasteiger partial charge in [-0.3, -0.25) is 4.79 Å². The molecule has 0 radical (unpaired) electrons. The molecule has 1 amide bonds. The predicted octanol–water partition coefficient (Wildman–Crippen LogP) is 3.19. The van der Waals surface area contributed by atoms with Crippen molar-refractivity contribution in [2.24, 2.45) is 0 Å². The predicted molar refractivity (Wildman–Crippen MR) is 68.7 cm³/mol. The van der Waals surface area contributed by atoms with Gasteiger partial charge in [-0.15, -0.1) is 0 Å². The van der Waals surface area contributed by atoms with Gasteiger partial charge in [-0.05, 0) is 30.7 Å². The molecule has 0 fully saturated rings. The zero-order valence-electron chi connectivity index (χ0n) is 10.3. The first-order valence-electron chi connectivity index (χ1n) is 6.01. The average molecular weight is 264 g/mol. The zero-order chi connectivity index (χ0) is 13.7. The highest BCUT2D eigenvalue weighted by atomic mass is 19.1. The van der Waals surface area contributed by atoms with Gasteiger partial charge in [-0.2, -0.15) is 0 Å². The summed E-state index contributed by atoms with van der Waals surface area (Å²) >= 11 is 0. The first-order valence-corrected chi connectivity index (χ1v) is 6.01. The summed E-state index contributed by atoms with van der Waals surface area (Å²) in [6.45, 7) is 0.728. The Labute approximate surface area is 109 Å². The average Bonchev–Trinajstić information content (AvgIpc) is 2.86. The number of hydrogen-bond acceptors (Lipinski definition) is 1. The van der Waals surface area contributed by atoms with Crippen LogP contribution in [0.3, 0.4) is 0 Å². The quantitative estimate of drug-likeness (QED) is 0.884. The van der Waals surface area contributed by atoms with E-state index in [-0.39, 0.29) is 18.0 Å². The third-order valence-corrected chi connectivity index (χ3v) is 2.69. The van der Waals surface area contributed by atoms with E-state index in [1.165, 1.54) is 6.07 Å². The Morgan fingerprint density at radius 2 is 1.95 bits per heavy atom. The summed E-state index contributed by atoms with van der Waals surface area (Å²) in [4.78, 5) is 11.6. The normalized spacial score (nSPS) is 10.4. The summed E-state index contributed by atoms with van der Waals surface area (Å²) in [6.07, 6.45) is 4.77. The van der Waals surface area contributed by atoms with Crippen LogP contribution in [-0.2, 0) is 11.3 Å². The SMILES string of the molecule is O=C(CCCn1cccc1)Nc1ccc(F)cc1F. The van der Waals surface area contributed by atoms with Crippen LogP contribution in [0.25, 0.3) is 0 Å². The lowest BCUT2D eigenvalue weighted by atomic mass is 10.2. The van der Waals surface area contributed by atoms with Crippen LogP contribution in [0, 0.1) is 11.6 Å². The molecule has 0 atom stereocenters. The standard InChI is InChI=1S/C14H14F2N2O/c15-11-5-6-13(12(16)10-11)17-14(19)4-3-9-18-7-1-2-8-18/h1-2,5-8,10H,3-4,9H2,(H,17,19). The van der Waals surface area contributed by atoms with Crippen LogP contribution in [0.1, 0.15) is 12.8 Å². The molecule has 0 saturated heterocycles. The molecule has 0 bridgehead atoms. The van der Waals surface area contributed by atoms with Crippen molar-refractivity contribution in [3.63, 3.8) is 0 Å². The monoisotopic (exact) mass is 264 g/mol. The van der Waals surface area contributed by atoms with Crippen molar-refractivity contribution >= 4 is 11.6 Å². The molecule has 0 aliphatic heterocycles. The third kappa shape index (κ3) is 3.91. The van der Waals surface area contributed by atoms with Crippen molar-refractivity contribution in [3.05, 3.63) is 54.4 Å². The van der Waals surface area contributed by atoms with Crippen LogP contribution in [0.5, 0.6) is 0 Å². The van der Waals surface area contributed by atoms with E-state index in [9.17, 15) is 13.6 Å². The Balaban J connectivity index is 1.80. The Morgan fingerprint density at radius 3 is 2.63 bits per heavy atom. The van der Waals surface area contributed by atoms with Crippen LogP contribution in [-0.4, -0.2) is 10.5 Å². The van der Waals surface area contributed by atoms with Crippen LogP contribution in [0.2, 0.25) is 0 Å². The number of carbonyl (C=O) groups excluding carboxylic acids is 1. The number of aromatic nitrogens is 1. The topological polar surface area (TPSA) is 34.0 Å². The van der Waals surface area contributed by atoms with E-state index in [0.29, 0.717) is 6.42 Å². The number of nitrogens with one attached hydrogen (secondary N) is 1. The van der Waals surface area contributed by atoms with Crippen molar-refractivity contribution in [2.45, 2.75) is 19.4 Å². The number of anilines is 1. The summed E-state index contributed by atoms with van der Waals surface area (Å²) in [5, 5.41) is 2.43. The Bertz CT molecular complexity index is 553. The second kappa shape index (κ2) is 6.13. The smallest absolute Gasteiger partial charge is 0.224 e. The van der Waals surface area contributed by atoms with Crippen LogP contribution < -0.4 is 5.32 Å². The number of nitrogens with zero attached hydrogens (tertiary/aromatic N) is 1. The largest absolute Gasteiger partial charge is 0.354 e. The molecular formula is C14H14F2N2O. The number of rotatable bonds is 5. The van der Waals surface area contributed by atoms with Gasteiger partial charge in [-0.1, -0.05) is 0 Å². The first-order chi connectivity index (χ1) is 9.15. The second-order valence-electron chi connectivity index (χ2n) is 4.20. The maximum Gasteiger partial charge on any atom is 0.224 e. The highest BCUT2D eigenvalue weighted by molar-refractivity contribution is 5.90. The highest BCUT2D eigenvalue weighted by Crippen LogP contribution is 2.15. The minimum atomic E-state index is -0.765. The van der Waals surface area contributed by atoms with E-state index in [2.05, 4.69) is 5.32 Å². The van der Waals surface area contributed by atoms with E-state index < -0.39 is 11.6 Å². The van der Waals surface area contributed by atoms with Gasteiger partial charge in [0.05, 0.1) is 5.69 Å². The molecule has 2 rings (SSSR count). The van der Waals surface area contributed by atoms with Gasteiger partial charge in [-0.25, -0.2) is 8.78 Å². The molecule has 0 unspecified atom stereocenters. The molecule has 0 saturated carbocycles. The van der Waals surface area contributed by atoms with Gasteiger partial charge in [0.15, 0.2) is 0 Å². The highest BCUT2D eigenvalue weighted by Gasteiger charge is 2.07. The van der Waals surface area contributed by atoms with Gasteiger partial charge in [0.1, 0.15) is 11.6 Å². The van der Waals surface area contributed by atoms with E-state index >= 15 is 0 Å². The minimum Gasteiger partial charge on any atom is -0.354 e. The Hall–Kier alpha value is -2.17. The molecule has 100 valence electrons. The molecule has 0 spiro atoms. The molecule has 0 aliphatic carbocycles. The van der Waals surface area contributed by atoms with Crippen molar-refractivity contribution in [3.8, 4) is 0 Å².